The van der Waals surface area contributed by atoms with E-state index in [9.17, 15) is 0 Å². The monoisotopic (exact) mass is 1350 g/mol. The minimum atomic E-state index is 0.403. The lowest BCUT2D eigenvalue weighted by molar-refractivity contribution is 0.293. The van der Waals surface area contributed by atoms with Gasteiger partial charge in [-0.1, -0.05) is 133 Å². The Morgan fingerprint density at radius 1 is 0.350 bits per heavy atom. The Morgan fingerprint density at radius 2 is 0.870 bits per heavy atom. The van der Waals surface area contributed by atoms with Crippen LogP contribution < -0.4 is 23.7 Å². The summed E-state index contributed by atoms with van der Waals surface area (Å²) in [6.07, 6.45) is 11.6. The molecule has 20 nitrogen and oxygen atoms in total. The minimum Gasteiger partial charge on any atom is -0.489 e. The highest BCUT2D eigenvalue weighted by Gasteiger charge is 2.08. The SMILES string of the molecule is C(=COc1ccc(OCc2cccc(OCc3ccc4ccccc4n3)c2)cc1)Cc1nnn[nH]1.C(=Cc1nnn[nH]1)c1cccc(Oc2ccc(SCc3ccc4ccccc4n3)cc2)c1.C(=Cc1nnn[nH]1)c1cccc(SCc2ccc(OCc3ccc4ccccc4n3)cc2)c1. The number of ether oxygens (including phenoxy) is 5. The highest BCUT2D eigenvalue weighted by molar-refractivity contribution is 7.98. The molecule has 0 radical (unpaired) electrons. The topological polar surface area (TPSA) is 248 Å². The second-order valence-corrected chi connectivity index (χ2v) is 24.3. The van der Waals surface area contributed by atoms with E-state index < -0.39 is 0 Å². The lowest BCUT2D eigenvalue weighted by Crippen LogP contribution is -2.00. The zero-order valence-corrected chi connectivity index (χ0v) is 55.3. The van der Waals surface area contributed by atoms with Crippen molar-refractivity contribution in [3.05, 3.63) is 324 Å². The van der Waals surface area contributed by atoms with E-state index >= 15 is 0 Å². The molecule has 0 saturated carbocycles. The van der Waals surface area contributed by atoms with Crippen LogP contribution in [0.2, 0.25) is 0 Å². The third kappa shape index (κ3) is 20.0. The quantitative estimate of drug-likeness (QED) is 0.0355. The summed E-state index contributed by atoms with van der Waals surface area (Å²) in [6.45, 7) is 1.28. The molecular formula is C78H63N15O5S2. The molecule has 15 rings (SSSR count). The number of para-hydroxylation sites is 3. The fourth-order valence-electron chi connectivity index (χ4n) is 9.90. The van der Waals surface area contributed by atoms with Gasteiger partial charge < -0.3 is 23.7 Å². The molecule has 9 aromatic carbocycles. The molecule has 0 saturated heterocycles. The van der Waals surface area contributed by atoms with Crippen LogP contribution >= 0.6 is 23.5 Å². The van der Waals surface area contributed by atoms with Crippen LogP contribution in [0.1, 0.15) is 56.8 Å². The average Bonchev–Trinajstić information content (AvgIpc) is 0.974. The number of nitrogens with zero attached hydrogens (tertiary/aromatic N) is 12. The molecule has 6 aromatic heterocycles. The van der Waals surface area contributed by atoms with Gasteiger partial charge in [-0.2, -0.15) is 0 Å². The van der Waals surface area contributed by atoms with Crippen LogP contribution in [0.3, 0.4) is 0 Å². The number of hydrogen-bond acceptors (Lipinski definition) is 19. The van der Waals surface area contributed by atoms with Crippen LogP contribution in [0.25, 0.3) is 57.0 Å². The summed E-state index contributed by atoms with van der Waals surface area (Å²) in [7, 11) is 0. The summed E-state index contributed by atoms with van der Waals surface area (Å²) < 4.78 is 29.4. The molecule has 0 aliphatic rings. The maximum Gasteiger partial charge on any atom is 0.172 e. The molecule has 0 atom stereocenters. The molecule has 0 bridgehead atoms. The van der Waals surface area contributed by atoms with Gasteiger partial charge in [0.25, 0.3) is 0 Å². The molecule has 0 aliphatic heterocycles. The van der Waals surface area contributed by atoms with E-state index in [1.807, 2.05) is 200 Å². The van der Waals surface area contributed by atoms with Gasteiger partial charge in [-0.05, 0) is 205 Å². The smallest absolute Gasteiger partial charge is 0.172 e. The fourth-order valence-corrected chi connectivity index (χ4v) is 11.6. The van der Waals surface area contributed by atoms with Gasteiger partial charge in [0.15, 0.2) is 17.5 Å². The molecule has 22 heteroatoms. The predicted molar refractivity (Wildman–Crippen MR) is 390 cm³/mol. The fraction of sp³-hybridized carbons (Fsp3) is 0.0769. The summed E-state index contributed by atoms with van der Waals surface area (Å²) in [5.74, 6) is 8.24. The summed E-state index contributed by atoms with van der Waals surface area (Å²) in [6, 6.07) is 84.6. The molecule has 100 heavy (non-hydrogen) atoms. The highest BCUT2D eigenvalue weighted by Crippen LogP contribution is 2.30. The van der Waals surface area contributed by atoms with Gasteiger partial charge in [0.2, 0.25) is 0 Å². The van der Waals surface area contributed by atoms with E-state index in [2.05, 4.69) is 157 Å². The highest BCUT2D eigenvalue weighted by atomic mass is 32.2. The van der Waals surface area contributed by atoms with Crippen molar-refractivity contribution < 1.29 is 23.7 Å². The van der Waals surface area contributed by atoms with Crippen LogP contribution in [-0.4, -0.2) is 76.8 Å². The number of tetrazole rings is 3. The molecule has 0 fully saturated rings. The van der Waals surface area contributed by atoms with Crippen molar-refractivity contribution in [3.8, 4) is 34.5 Å². The number of nitrogens with one attached hydrogen (secondary N) is 3. The number of rotatable bonds is 25. The first-order valence-corrected chi connectivity index (χ1v) is 33.7. The van der Waals surface area contributed by atoms with Gasteiger partial charge in [0.1, 0.15) is 54.3 Å². The summed E-state index contributed by atoms with van der Waals surface area (Å²) in [4.78, 5) is 16.4. The maximum absolute atomic E-state index is 6.02. The average molecular weight is 1350 g/mol. The normalized spacial score (nSPS) is 11.2. The standard InChI is InChI=1S/C27H23N5O3.C26H21N5OS.C25H19N5OS/c1-2-8-26-21(6-1)10-11-22(28-26)19-35-25-7-3-5-20(17-25)18-34-24-14-12-23(13-15-24)33-16-4-9-27-29-31-32-30-27;1-2-7-25-21(5-1)11-12-22(27-25)17-32-23-13-8-20(9-14-23)18-33-24-6-3-4-19(16-24)10-15-26-28-30-31-29-26;1-2-7-24-19(5-1)9-10-20(26-24)17-32-23-13-11-21(12-14-23)31-22-6-3-4-18(16-22)8-15-25-27-29-30-28-25/h1-8,10-17H,9,18-19H2,(H,29,30,31,32);1-16H,17-18H2,(H,28,29,30,31);1-16H,17H2,(H,27,28,29,30). The number of allylic oxidation sites excluding steroid dienone is 1. The van der Waals surface area contributed by atoms with Crippen molar-refractivity contribution in [1.29, 1.82) is 0 Å². The molecule has 6 heterocycles. The number of pyridine rings is 3. The Balaban J connectivity index is 0.000000135. The van der Waals surface area contributed by atoms with E-state index in [4.69, 9.17) is 28.7 Å². The second-order valence-electron chi connectivity index (χ2n) is 22.2. The first-order valence-electron chi connectivity index (χ1n) is 31.8. The predicted octanol–water partition coefficient (Wildman–Crippen LogP) is 16.8. The van der Waals surface area contributed by atoms with E-state index in [1.54, 1.807) is 29.8 Å². The number of H-pyrrole nitrogens is 3. The first-order chi connectivity index (χ1) is 49.4. The lowest BCUT2D eigenvalue weighted by atomic mass is 10.2. The van der Waals surface area contributed by atoms with Crippen LogP contribution in [0.5, 0.6) is 34.5 Å². The molecule has 0 unspecified atom stereocenters. The largest absolute Gasteiger partial charge is 0.489 e. The second kappa shape index (κ2) is 34.3. The van der Waals surface area contributed by atoms with Crippen LogP contribution in [0.15, 0.2) is 277 Å². The van der Waals surface area contributed by atoms with Gasteiger partial charge in [0.05, 0.1) is 39.9 Å². The van der Waals surface area contributed by atoms with Gasteiger partial charge in [0, 0.05) is 43.9 Å². The van der Waals surface area contributed by atoms with Gasteiger partial charge in [-0.15, -0.1) is 38.8 Å². The van der Waals surface area contributed by atoms with Crippen LogP contribution in [-0.2, 0) is 37.7 Å². The molecule has 0 amide bonds. The number of aromatic amines is 3. The number of thioether (sulfide) groups is 2. The minimum absolute atomic E-state index is 0.403. The zero-order chi connectivity index (χ0) is 67.6. The van der Waals surface area contributed by atoms with Crippen LogP contribution in [0.4, 0.5) is 0 Å². The van der Waals surface area contributed by atoms with Gasteiger partial charge in [-0.25, -0.2) is 25.3 Å². The Bertz CT molecular complexity index is 5150. The van der Waals surface area contributed by atoms with E-state index in [-0.39, 0.29) is 0 Å². The van der Waals surface area contributed by atoms with Crippen molar-refractivity contribution >= 4 is 80.5 Å². The summed E-state index contributed by atoms with van der Waals surface area (Å²) >= 11 is 3.55. The van der Waals surface area contributed by atoms with Crippen molar-refractivity contribution in [2.45, 2.75) is 47.5 Å². The van der Waals surface area contributed by atoms with E-state index in [0.717, 1.165) is 107 Å². The molecule has 0 aliphatic carbocycles. The molecule has 3 N–H and O–H groups in total. The number of benzene rings is 9. The first kappa shape index (κ1) is 66.0. The third-order valence-corrected chi connectivity index (χ3v) is 17.1. The van der Waals surface area contributed by atoms with Gasteiger partial charge in [-0.3, -0.25) is 4.98 Å². The molecule has 15 aromatic rings. The Morgan fingerprint density at radius 3 is 1.50 bits per heavy atom. The van der Waals surface area contributed by atoms with Gasteiger partial charge >= 0.3 is 0 Å². The van der Waals surface area contributed by atoms with E-state index in [1.165, 1.54) is 15.4 Å². The van der Waals surface area contributed by atoms with Crippen LogP contribution in [0, 0.1) is 0 Å². The maximum atomic E-state index is 6.02. The molecule has 492 valence electrons. The van der Waals surface area contributed by atoms with E-state index in [0.29, 0.717) is 49.5 Å². The number of hydrogen-bond donors (Lipinski definition) is 3. The zero-order valence-electron chi connectivity index (χ0n) is 53.7. The third-order valence-electron chi connectivity index (χ3n) is 15.0. The van der Waals surface area contributed by atoms with Crippen molar-refractivity contribution in [1.82, 2.24) is 76.8 Å². The number of aromatic nitrogens is 15. The summed E-state index contributed by atoms with van der Waals surface area (Å²) in [5.41, 5.74) is 10.2. The summed E-state index contributed by atoms with van der Waals surface area (Å²) in [5, 5.41) is 44.3. The van der Waals surface area contributed by atoms with Crippen molar-refractivity contribution in [3.63, 3.8) is 0 Å². The lowest BCUT2D eigenvalue weighted by Gasteiger charge is -2.10. The number of fused-ring (bicyclic) bond motifs is 3. The Labute approximate surface area is 583 Å². The Hall–Kier alpha value is -12.7. The molecule has 0 spiro atoms. The Kier molecular flexibility index (Phi) is 22.6. The molecular weight excluding hydrogens is 1290 g/mol. The van der Waals surface area contributed by atoms with Crippen molar-refractivity contribution in [2.75, 3.05) is 0 Å². The van der Waals surface area contributed by atoms with Crippen molar-refractivity contribution in [2.24, 2.45) is 0 Å².